The van der Waals surface area contributed by atoms with Crippen molar-refractivity contribution in [1.82, 2.24) is 0 Å². The van der Waals surface area contributed by atoms with Crippen LogP contribution in [0.5, 0.6) is 0 Å². The summed E-state index contributed by atoms with van der Waals surface area (Å²) in [4.78, 5) is 0. The van der Waals surface area contributed by atoms with Gasteiger partial charge in [0.1, 0.15) is 0 Å². The summed E-state index contributed by atoms with van der Waals surface area (Å²) in [6, 6.07) is 0. The second kappa shape index (κ2) is 104. The first-order chi connectivity index (χ1) is 4.83. The molecule has 0 aromatic heterocycles. The van der Waals surface area contributed by atoms with E-state index in [0.29, 0.717) is 0 Å². The van der Waals surface area contributed by atoms with E-state index < -0.39 is 10.4 Å². The summed E-state index contributed by atoms with van der Waals surface area (Å²) in [5.74, 6) is 0. The minimum Gasteiger partial charge on any atom is -0.870 e. The van der Waals surface area contributed by atoms with Gasteiger partial charge in [0.05, 0.1) is 0 Å². The fourth-order valence-corrected chi connectivity index (χ4v) is 0. The number of hydrogen-bond donors (Lipinski definition) is 0. The van der Waals surface area contributed by atoms with E-state index in [2.05, 4.69) is 5.68 Å². The Bertz CT molecular complexity index is 132. The standard InChI is InChI=1S/4Al.2Mg.H2O4S.9H2O.2O/c;;;;;;1-5(2,3)4;;;;;;;;;;;/h;;;;;;(H2,1,2,3,4);9*1H2;;/q;;;;2*+2;;;;;;;;;;;;/p-4. The second-order valence-corrected chi connectivity index (χ2v) is 3.67. The summed E-state index contributed by atoms with van der Waals surface area (Å²) < 4.78 is 42.3. The molecule has 22 heteroatoms. The van der Waals surface area contributed by atoms with Gasteiger partial charge in [-0.05, 0) is 0 Å². The molecular formula is H16Al4Mg2O15S. The molecule has 16 N–H and O–H groups in total. The van der Waals surface area contributed by atoms with Crippen molar-refractivity contribution in [3.8, 4) is 0 Å². The minimum absolute atomic E-state index is 0. The predicted molar refractivity (Wildman–Crippen MR) is 76.3 cm³/mol. The van der Waals surface area contributed by atoms with Crippen LogP contribution in [0.1, 0.15) is 0 Å². The molecule has 0 bridgehead atoms. The van der Waals surface area contributed by atoms with Gasteiger partial charge >= 0.3 is 113 Å². The Labute approximate surface area is 193 Å². The van der Waals surface area contributed by atoms with Crippen LogP contribution in [-0.2, 0) is 16.1 Å². The molecule has 8 radical (unpaired) electrons. The van der Waals surface area contributed by atoms with Crippen molar-refractivity contribution in [2.45, 2.75) is 0 Å². The Balaban J connectivity index is -0.00000000297. The zero-order valence-electron chi connectivity index (χ0n) is 11.0. The van der Waals surface area contributed by atoms with Crippen LogP contribution in [0, 0.1) is 0 Å². The zero-order chi connectivity index (χ0) is 9.91. The monoisotopic (exact) mass is 444 g/mol. The SMILES string of the molecule is O.O.O.O.O.O.O.O=S(=O)([O-])[O-].[Al][O][Al].[Al][O][Al].[Mg+2].[Mg+2].[OH-].[OH-]. The first-order valence-electron chi connectivity index (χ1n) is 1.61. The van der Waals surface area contributed by atoms with Crippen LogP contribution in [0.4, 0.5) is 0 Å². The maximum absolute atomic E-state index is 8.52. The van der Waals surface area contributed by atoms with Crippen molar-refractivity contribution in [2.24, 2.45) is 0 Å². The molecule has 0 heterocycles. The third-order valence-electron chi connectivity index (χ3n) is 0. The fourth-order valence-electron chi connectivity index (χ4n) is 0. The topological polar surface area (TPSA) is 379 Å². The van der Waals surface area contributed by atoms with Gasteiger partial charge in [-0.2, -0.15) is 0 Å². The van der Waals surface area contributed by atoms with Gasteiger partial charge in [0.2, 0.25) is 0 Å². The van der Waals surface area contributed by atoms with Gasteiger partial charge in [0.25, 0.3) is 0 Å². The van der Waals surface area contributed by atoms with Gasteiger partial charge in [-0.1, -0.05) is 0 Å². The molecule has 0 aromatic carbocycles. The Kier molecular flexibility index (Phi) is 562. The van der Waals surface area contributed by atoms with Crippen LogP contribution in [0.25, 0.3) is 0 Å². The van der Waals surface area contributed by atoms with Gasteiger partial charge in [0, 0.05) is 10.4 Å². The smallest absolute Gasteiger partial charge is 0.870 e. The van der Waals surface area contributed by atoms with Crippen LogP contribution < -0.4 is 0 Å². The molecule has 0 aliphatic rings. The average molecular weight is 445 g/mol. The molecular weight excluding hydrogens is 429 g/mol. The first kappa shape index (κ1) is 118. The van der Waals surface area contributed by atoms with Crippen LogP contribution in [-0.4, -0.2) is 179 Å². The molecule has 0 unspecified atom stereocenters. The largest absolute Gasteiger partial charge is 2.00 e. The van der Waals surface area contributed by atoms with E-state index in [0.717, 1.165) is 0 Å². The molecule has 0 saturated carbocycles. The molecule has 15 nitrogen and oxygen atoms in total. The normalized spacial score (nSPS) is 4.09. The number of hydrogen-bond acceptors (Lipinski definition) is 8. The first-order valence-corrected chi connectivity index (χ1v) is 4.83. The van der Waals surface area contributed by atoms with Gasteiger partial charge in [-0.15, -0.1) is 0 Å². The van der Waals surface area contributed by atoms with Crippen molar-refractivity contribution >= 4 is 123 Å². The van der Waals surface area contributed by atoms with E-state index in [1.54, 1.807) is 0 Å². The predicted octanol–water partition coefficient (Wildman–Crippen LogP) is -9.89. The molecule has 0 aromatic rings. The molecule has 0 atom stereocenters. The Morgan fingerprint density at radius 2 is 0.591 bits per heavy atom. The van der Waals surface area contributed by atoms with Crippen LogP contribution in [0.2, 0.25) is 0 Å². The summed E-state index contributed by atoms with van der Waals surface area (Å²) in [5, 5.41) is 0. The Morgan fingerprint density at radius 1 is 0.591 bits per heavy atom. The molecule has 0 aliphatic carbocycles. The van der Waals surface area contributed by atoms with E-state index in [1.807, 2.05) is 66.5 Å². The van der Waals surface area contributed by atoms with Crippen LogP contribution in [0.3, 0.4) is 0 Å². The van der Waals surface area contributed by atoms with E-state index in [1.165, 1.54) is 0 Å². The van der Waals surface area contributed by atoms with Crippen molar-refractivity contribution in [2.75, 3.05) is 0 Å². The number of rotatable bonds is 0. The maximum atomic E-state index is 8.52. The quantitative estimate of drug-likeness (QED) is 0.195. The molecule has 0 fully saturated rings. The third-order valence-corrected chi connectivity index (χ3v) is 0. The van der Waals surface area contributed by atoms with Gasteiger partial charge in [0.15, 0.2) is 0 Å². The maximum Gasteiger partial charge on any atom is 2.00 e. The molecule has 128 valence electrons. The third kappa shape index (κ3) is 1180. The fraction of sp³-hybridized carbons (Fsp3) is 0. The Hall–Kier alpha value is 3.09. The molecule has 0 amide bonds. The zero-order valence-corrected chi connectivity index (χ0v) is 19.2. The summed E-state index contributed by atoms with van der Waals surface area (Å²) in [6.07, 6.45) is 0. The summed E-state index contributed by atoms with van der Waals surface area (Å²) in [6.45, 7) is 0. The minimum atomic E-state index is -5.17. The van der Waals surface area contributed by atoms with E-state index in [4.69, 9.17) is 17.5 Å². The van der Waals surface area contributed by atoms with Crippen LogP contribution >= 0.6 is 0 Å². The second-order valence-electron chi connectivity index (χ2n) is 0.680. The van der Waals surface area contributed by atoms with Crippen molar-refractivity contribution in [3.63, 3.8) is 0 Å². The molecule has 0 aliphatic heterocycles. The summed E-state index contributed by atoms with van der Waals surface area (Å²) in [5.41, 5.74) is 0. The van der Waals surface area contributed by atoms with E-state index >= 15 is 0 Å². The van der Waals surface area contributed by atoms with Crippen molar-refractivity contribution in [1.29, 1.82) is 0 Å². The molecule has 22 heavy (non-hydrogen) atoms. The Morgan fingerprint density at radius 3 is 0.591 bits per heavy atom. The average Bonchev–Trinajstić information content (AvgIpc) is 1.62. The van der Waals surface area contributed by atoms with E-state index in [9.17, 15) is 0 Å². The summed E-state index contributed by atoms with van der Waals surface area (Å²) >= 11 is 8.17. The van der Waals surface area contributed by atoms with Crippen molar-refractivity contribution in [3.05, 3.63) is 0 Å². The molecule has 0 rings (SSSR count). The van der Waals surface area contributed by atoms with Crippen molar-refractivity contribution < 1.29 is 72.5 Å². The van der Waals surface area contributed by atoms with Gasteiger partial charge in [-0.3, -0.25) is 8.42 Å². The molecule has 0 spiro atoms. The summed E-state index contributed by atoms with van der Waals surface area (Å²) in [7, 11) is -5.17. The van der Waals surface area contributed by atoms with E-state index in [-0.39, 0.29) is 95.4 Å². The molecule has 0 saturated heterocycles. The van der Waals surface area contributed by atoms with Gasteiger partial charge < -0.3 is 64.1 Å². The van der Waals surface area contributed by atoms with Gasteiger partial charge in [-0.25, -0.2) is 0 Å². The van der Waals surface area contributed by atoms with Crippen LogP contribution in [0.15, 0.2) is 0 Å².